The van der Waals surface area contributed by atoms with Crippen molar-refractivity contribution < 1.29 is 9.59 Å². The fraction of sp³-hybridized carbons (Fsp3) is 0.348. The van der Waals surface area contributed by atoms with Gasteiger partial charge in [-0.2, -0.15) is 0 Å². The van der Waals surface area contributed by atoms with Gasteiger partial charge in [-0.05, 0) is 42.2 Å². The highest BCUT2D eigenvalue weighted by atomic mass is 16.2. The summed E-state index contributed by atoms with van der Waals surface area (Å²) in [5.74, 6) is 0.747. The van der Waals surface area contributed by atoms with Crippen LogP contribution in [0.15, 0.2) is 42.5 Å². The summed E-state index contributed by atoms with van der Waals surface area (Å²) in [5.41, 5.74) is 4.47. The van der Waals surface area contributed by atoms with Crippen LogP contribution in [0, 0.1) is 0 Å². The molecule has 6 heteroatoms. The van der Waals surface area contributed by atoms with Crippen molar-refractivity contribution in [3.05, 3.63) is 65.0 Å². The standard InChI is InChI=1S/C23H26N4O2/c1-4-26-11-12-27-20-10-9-18(13-19(20)25-21(27)23(26)29)22(28)24-14-16-5-7-17(8-6-16)15(2)3/h5-10,13,15H,4,11-12,14H2,1-3H3,(H,24,28). The first-order valence-electron chi connectivity index (χ1n) is 10.1. The van der Waals surface area contributed by atoms with Crippen LogP contribution in [0.1, 0.15) is 58.8 Å². The highest BCUT2D eigenvalue weighted by molar-refractivity contribution is 5.99. The molecule has 0 radical (unpaired) electrons. The Morgan fingerprint density at radius 1 is 1.14 bits per heavy atom. The molecule has 1 aliphatic rings. The summed E-state index contributed by atoms with van der Waals surface area (Å²) < 4.78 is 1.95. The molecule has 3 aromatic rings. The number of hydrogen-bond donors (Lipinski definition) is 1. The van der Waals surface area contributed by atoms with E-state index in [4.69, 9.17) is 0 Å². The SMILES string of the molecule is CCN1CCn2c(nc3cc(C(=O)NCc4ccc(C(C)C)cc4)ccc32)C1=O. The van der Waals surface area contributed by atoms with Crippen LogP contribution in [-0.4, -0.2) is 39.4 Å². The molecule has 1 N–H and O–H groups in total. The minimum Gasteiger partial charge on any atom is -0.348 e. The number of fused-ring (bicyclic) bond motifs is 3. The Morgan fingerprint density at radius 2 is 1.90 bits per heavy atom. The Hall–Kier alpha value is -3.15. The van der Waals surface area contributed by atoms with Gasteiger partial charge in [-0.3, -0.25) is 9.59 Å². The van der Waals surface area contributed by atoms with E-state index in [2.05, 4.69) is 36.3 Å². The molecule has 0 aliphatic carbocycles. The quantitative estimate of drug-likeness (QED) is 0.724. The number of carbonyl (C=O) groups is 2. The molecule has 2 heterocycles. The lowest BCUT2D eigenvalue weighted by Gasteiger charge is -2.26. The van der Waals surface area contributed by atoms with Gasteiger partial charge in [-0.1, -0.05) is 38.1 Å². The number of nitrogens with zero attached hydrogens (tertiary/aromatic N) is 3. The van der Waals surface area contributed by atoms with E-state index in [9.17, 15) is 9.59 Å². The Labute approximate surface area is 170 Å². The first kappa shape index (κ1) is 19.2. The van der Waals surface area contributed by atoms with Crippen molar-refractivity contribution in [3.8, 4) is 0 Å². The summed E-state index contributed by atoms with van der Waals surface area (Å²) in [4.78, 5) is 31.4. The van der Waals surface area contributed by atoms with Gasteiger partial charge in [0.15, 0.2) is 5.82 Å². The van der Waals surface area contributed by atoms with Gasteiger partial charge in [0.25, 0.3) is 11.8 Å². The fourth-order valence-electron chi connectivity index (χ4n) is 3.73. The van der Waals surface area contributed by atoms with Gasteiger partial charge in [0, 0.05) is 31.7 Å². The summed E-state index contributed by atoms with van der Waals surface area (Å²) in [6.45, 7) is 8.85. The van der Waals surface area contributed by atoms with E-state index in [1.54, 1.807) is 17.0 Å². The number of rotatable bonds is 5. The first-order chi connectivity index (χ1) is 14.0. The van der Waals surface area contributed by atoms with Crippen LogP contribution in [-0.2, 0) is 13.1 Å². The summed E-state index contributed by atoms with van der Waals surface area (Å²) in [7, 11) is 0. The van der Waals surface area contributed by atoms with Crippen molar-refractivity contribution >= 4 is 22.8 Å². The second kappa shape index (κ2) is 7.70. The molecule has 0 atom stereocenters. The maximum absolute atomic E-state index is 12.6. The van der Waals surface area contributed by atoms with Crippen LogP contribution >= 0.6 is 0 Å². The average Bonchev–Trinajstić information content (AvgIpc) is 3.11. The lowest BCUT2D eigenvalue weighted by atomic mass is 10.0. The number of nitrogens with one attached hydrogen (secondary N) is 1. The molecule has 150 valence electrons. The topological polar surface area (TPSA) is 67.2 Å². The molecular formula is C23H26N4O2. The Morgan fingerprint density at radius 3 is 2.59 bits per heavy atom. The molecule has 6 nitrogen and oxygen atoms in total. The van der Waals surface area contributed by atoms with Gasteiger partial charge in [0.1, 0.15) is 0 Å². The van der Waals surface area contributed by atoms with Crippen LogP contribution in [0.5, 0.6) is 0 Å². The molecule has 0 fully saturated rings. The second-order valence-electron chi connectivity index (χ2n) is 7.75. The summed E-state index contributed by atoms with van der Waals surface area (Å²) in [6, 6.07) is 13.7. The van der Waals surface area contributed by atoms with Crippen molar-refractivity contribution in [3.63, 3.8) is 0 Å². The number of benzene rings is 2. The lowest BCUT2D eigenvalue weighted by molar-refractivity contribution is 0.0709. The van der Waals surface area contributed by atoms with Crippen molar-refractivity contribution in [1.82, 2.24) is 19.8 Å². The summed E-state index contributed by atoms with van der Waals surface area (Å²) >= 11 is 0. The van der Waals surface area contributed by atoms with Gasteiger partial charge >= 0.3 is 0 Å². The smallest absolute Gasteiger partial charge is 0.289 e. The monoisotopic (exact) mass is 390 g/mol. The van der Waals surface area contributed by atoms with E-state index in [0.717, 1.165) is 17.6 Å². The van der Waals surface area contributed by atoms with Crippen LogP contribution in [0.2, 0.25) is 0 Å². The molecule has 0 unspecified atom stereocenters. The molecule has 4 rings (SSSR count). The van der Waals surface area contributed by atoms with E-state index in [-0.39, 0.29) is 11.8 Å². The van der Waals surface area contributed by atoms with Crippen molar-refractivity contribution in [1.29, 1.82) is 0 Å². The zero-order valence-corrected chi connectivity index (χ0v) is 17.1. The molecule has 0 spiro atoms. The van der Waals surface area contributed by atoms with Gasteiger partial charge in [0.2, 0.25) is 0 Å². The Balaban J connectivity index is 1.50. The highest BCUT2D eigenvalue weighted by Gasteiger charge is 2.27. The fourth-order valence-corrected chi connectivity index (χ4v) is 3.73. The maximum atomic E-state index is 12.6. The molecule has 29 heavy (non-hydrogen) atoms. The Kier molecular flexibility index (Phi) is 5.09. The lowest BCUT2D eigenvalue weighted by Crippen LogP contribution is -2.40. The van der Waals surface area contributed by atoms with Crippen molar-refractivity contribution in [2.75, 3.05) is 13.1 Å². The van der Waals surface area contributed by atoms with Gasteiger partial charge in [-0.25, -0.2) is 4.98 Å². The highest BCUT2D eigenvalue weighted by Crippen LogP contribution is 2.22. The molecular weight excluding hydrogens is 364 g/mol. The van der Waals surface area contributed by atoms with E-state index in [0.29, 0.717) is 42.5 Å². The third kappa shape index (κ3) is 3.62. The molecule has 0 bridgehead atoms. The van der Waals surface area contributed by atoms with Crippen LogP contribution in [0.25, 0.3) is 11.0 Å². The Bertz CT molecular complexity index is 1070. The van der Waals surface area contributed by atoms with Crippen LogP contribution < -0.4 is 5.32 Å². The predicted octanol–water partition coefficient (Wildman–Crippen LogP) is 3.57. The normalized spacial score (nSPS) is 13.8. The molecule has 0 saturated heterocycles. The summed E-state index contributed by atoms with van der Waals surface area (Å²) in [5, 5.41) is 2.97. The van der Waals surface area contributed by atoms with E-state index in [1.165, 1.54) is 5.56 Å². The minimum absolute atomic E-state index is 0.0502. The van der Waals surface area contributed by atoms with Gasteiger partial charge < -0.3 is 14.8 Å². The van der Waals surface area contributed by atoms with Crippen molar-refractivity contribution in [2.24, 2.45) is 0 Å². The number of hydrogen-bond acceptors (Lipinski definition) is 3. The molecule has 1 aliphatic heterocycles. The van der Waals surface area contributed by atoms with Crippen LogP contribution in [0.4, 0.5) is 0 Å². The van der Waals surface area contributed by atoms with E-state index < -0.39 is 0 Å². The van der Waals surface area contributed by atoms with Gasteiger partial charge in [-0.15, -0.1) is 0 Å². The first-order valence-corrected chi connectivity index (χ1v) is 10.1. The average molecular weight is 390 g/mol. The molecule has 1 aromatic heterocycles. The number of amides is 2. The number of imidazole rings is 1. The third-order valence-electron chi connectivity index (χ3n) is 5.56. The molecule has 2 amide bonds. The maximum Gasteiger partial charge on any atom is 0.289 e. The predicted molar refractivity (Wildman–Crippen MR) is 113 cm³/mol. The number of aromatic nitrogens is 2. The van der Waals surface area contributed by atoms with Gasteiger partial charge in [0.05, 0.1) is 11.0 Å². The number of likely N-dealkylation sites (N-methyl/N-ethyl adjacent to an activating group) is 1. The molecule has 2 aromatic carbocycles. The zero-order valence-electron chi connectivity index (χ0n) is 17.1. The molecule has 0 saturated carbocycles. The largest absolute Gasteiger partial charge is 0.348 e. The van der Waals surface area contributed by atoms with Crippen LogP contribution in [0.3, 0.4) is 0 Å². The number of carbonyl (C=O) groups excluding carboxylic acids is 2. The van der Waals surface area contributed by atoms with E-state index >= 15 is 0 Å². The minimum atomic E-state index is -0.146. The zero-order chi connectivity index (χ0) is 20.5. The van der Waals surface area contributed by atoms with E-state index in [1.807, 2.05) is 29.7 Å². The third-order valence-corrected chi connectivity index (χ3v) is 5.56. The summed E-state index contributed by atoms with van der Waals surface area (Å²) in [6.07, 6.45) is 0. The second-order valence-corrected chi connectivity index (χ2v) is 7.75. The van der Waals surface area contributed by atoms with Crippen molar-refractivity contribution in [2.45, 2.75) is 39.8 Å².